The molecule has 0 saturated carbocycles. The first-order valence-electron chi connectivity index (χ1n) is 9.40. The molecule has 0 fully saturated rings. The molecule has 4 rings (SSSR count). The van der Waals surface area contributed by atoms with E-state index in [9.17, 15) is 0 Å². The molecule has 1 aromatic heterocycles. The van der Waals surface area contributed by atoms with E-state index in [4.69, 9.17) is 5.26 Å². The van der Waals surface area contributed by atoms with Crippen LogP contribution in [-0.2, 0) is 12.2 Å². The highest BCUT2D eigenvalue weighted by atomic mass is 32.2. The van der Waals surface area contributed by atoms with Crippen molar-refractivity contribution in [3.63, 3.8) is 0 Å². The van der Waals surface area contributed by atoms with Crippen molar-refractivity contribution in [1.82, 2.24) is 14.8 Å². The highest BCUT2D eigenvalue weighted by Gasteiger charge is 2.16. The first kappa shape index (κ1) is 19.0. The van der Waals surface area contributed by atoms with E-state index in [1.54, 1.807) is 11.8 Å². The third-order valence-electron chi connectivity index (χ3n) is 4.69. The lowest BCUT2D eigenvalue weighted by Gasteiger charge is -2.13. The Balaban J connectivity index is 1.68. The molecule has 0 aliphatic carbocycles. The molecule has 0 amide bonds. The molecule has 1 heterocycles. The fourth-order valence-corrected chi connectivity index (χ4v) is 4.13. The molecule has 4 nitrogen and oxygen atoms in total. The van der Waals surface area contributed by atoms with Crippen molar-refractivity contribution in [3.05, 3.63) is 107 Å². The Bertz CT molecular complexity index is 1160. The van der Waals surface area contributed by atoms with Crippen LogP contribution in [0, 0.1) is 18.3 Å². The molecule has 0 N–H and O–H groups in total. The molecule has 0 radical (unpaired) electrons. The Morgan fingerprint density at radius 3 is 2.45 bits per heavy atom. The number of hydrogen-bond donors (Lipinski definition) is 0. The van der Waals surface area contributed by atoms with Crippen LogP contribution in [0.5, 0.6) is 0 Å². The standard InChI is InChI=1S/C24H20N4S/c1-18-8-5-6-13-22(18)28-23(15-19-9-3-2-4-10-19)26-27-24(28)29-17-21-12-7-11-20(14-21)16-25/h2-14H,15,17H2,1H3. The average Bonchev–Trinajstić information content (AvgIpc) is 3.15. The third kappa shape index (κ3) is 4.39. The van der Waals surface area contributed by atoms with Crippen molar-refractivity contribution >= 4 is 11.8 Å². The van der Waals surface area contributed by atoms with Crippen LogP contribution in [0.1, 0.15) is 28.1 Å². The fraction of sp³-hybridized carbons (Fsp3) is 0.125. The topological polar surface area (TPSA) is 54.5 Å². The zero-order valence-corrected chi connectivity index (χ0v) is 16.9. The van der Waals surface area contributed by atoms with Gasteiger partial charge in [-0.1, -0.05) is 72.4 Å². The summed E-state index contributed by atoms with van der Waals surface area (Å²) in [5.74, 6) is 1.64. The Kier molecular flexibility index (Phi) is 5.73. The summed E-state index contributed by atoms with van der Waals surface area (Å²) in [4.78, 5) is 0. The van der Waals surface area contributed by atoms with Crippen LogP contribution in [0.4, 0.5) is 0 Å². The monoisotopic (exact) mass is 396 g/mol. The Morgan fingerprint density at radius 1 is 0.897 bits per heavy atom. The quantitative estimate of drug-likeness (QED) is 0.413. The summed E-state index contributed by atoms with van der Waals surface area (Å²) < 4.78 is 2.15. The number of aryl methyl sites for hydroxylation is 1. The van der Waals surface area contributed by atoms with Gasteiger partial charge in [0.25, 0.3) is 0 Å². The molecule has 0 saturated heterocycles. The number of benzene rings is 3. The van der Waals surface area contributed by atoms with Crippen molar-refractivity contribution in [1.29, 1.82) is 5.26 Å². The van der Waals surface area contributed by atoms with Gasteiger partial charge in [-0.3, -0.25) is 4.57 Å². The maximum absolute atomic E-state index is 9.13. The van der Waals surface area contributed by atoms with Gasteiger partial charge >= 0.3 is 0 Å². The molecule has 0 aliphatic rings. The normalized spacial score (nSPS) is 10.6. The lowest BCUT2D eigenvalue weighted by molar-refractivity contribution is 0.841. The van der Waals surface area contributed by atoms with Gasteiger partial charge in [0.15, 0.2) is 5.16 Å². The van der Waals surface area contributed by atoms with Crippen molar-refractivity contribution < 1.29 is 0 Å². The minimum Gasteiger partial charge on any atom is -0.273 e. The van der Waals surface area contributed by atoms with E-state index < -0.39 is 0 Å². The summed E-state index contributed by atoms with van der Waals surface area (Å²) in [6.07, 6.45) is 0.715. The summed E-state index contributed by atoms with van der Waals surface area (Å²) in [5, 5.41) is 19.0. The molecule has 0 aliphatic heterocycles. The van der Waals surface area contributed by atoms with Crippen molar-refractivity contribution in [2.45, 2.75) is 24.3 Å². The number of para-hydroxylation sites is 1. The molecular weight excluding hydrogens is 376 g/mol. The molecule has 142 valence electrons. The first-order valence-corrected chi connectivity index (χ1v) is 10.4. The molecular formula is C24H20N4S. The fourth-order valence-electron chi connectivity index (χ4n) is 3.22. The van der Waals surface area contributed by atoms with Gasteiger partial charge in [-0.2, -0.15) is 5.26 Å². The van der Waals surface area contributed by atoms with Crippen LogP contribution < -0.4 is 0 Å². The molecule has 3 aromatic carbocycles. The van der Waals surface area contributed by atoms with Crippen LogP contribution >= 0.6 is 11.8 Å². The van der Waals surface area contributed by atoms with Crippen LogP contribution in [0.25, 0.3) is 5.69 Å². The van der Waals surface area contributed by atoms with E-state index in [-0.39, 0.29) is 0 Å². The minimum absolute atomic E-state index is 0.674. The number of hydrogen-bond acceptors (Lipinski definition) is 4. The second-order valence-electron chi connectivity index (χ2n) is 6.78. The van der Waals surface area contributed by atoms with Crippen molar-refractivity contribution in [3.8, 4) is 11.8 Å². The smallest absolute Gasteiger partial charge is 0.196 e. The number of nitrogens with zero attached hydrogens (tertiary/aromatic N) is 4. The third-order valence-corrected chi connectivity index (χ3v) is 5.69. The molecule has 29 heavy (non-hydrogen) atoms. The van der Waals surface area contributed by atoms with E-state index >= 15 is 0 Å². The van der Waals surface area contributed by atoms with Crippen LogP contribution in [0.3, 0.4) is 0 Å². The van der Waals surface area contributed by atoms with E-state index in [2.05, 4.69) is 52.0 Å². The molecule has 0 atom stereocenters. The van der Waals surface area contributed by atoms with Gasteiger partial charge in [-0.25, -0.2) is 0 Å². The zero-order valence-electron chi connectivity index (χ0n) is 16.1. The number of rotatable bonds is 6. The van der Waals surface area contributed by atoms with Gasteiger partial charge in [-0.05, 0) is 41.8 Å². The Hall–Kier alpha value is -3.36. The summed E-state index contributed by atoms with van der Waals surface area (Å²) in [7, 11) is 0. The average molecular weight is 397 g/mol. The molecule has 0 unspecified atom stereocenters. The van der Waals surface area contributed by atoms with Gasteiger partial charge in [0.1, 0.15) is 5.82 Å². The summed E-state index contributed by atoms with van der Waals surface area (Å²) in [6.45, 7) is 2.10. The maximum atomic E-state index is 9.13. The second-order valence-corrected chi connectivity index (χ2v) is 7.73. The van der Waals surface area contributed by atoms with Gasteiger partial charge in [0.2, 0.25) is 0 Å². The highest BCUT2D eigenvalue weighted by Crippen LogP contribution is 2.28. The van der Waals surface area contributed by atoms with Gasteiger partial charge < -0.3 is 0 Å². The lowest BCUT2D eigenvalue weighted by atomic mass is 10.1. The van der Waals surface area contributed by atoms with Gasteiger partial charge in [-0.15, -0.1) is 10.2 Å². The highest BCUT2D eigenvalue weighted by molar-refractivity contribution is 7.98. The molecule has 5 heteroatoms. The predicted octanol–water partition coefficient (Wildman–Crippen LogP) is 5.33. The Morgan fingerprint density at radius 2 is 1.66 bits per heavy atom. The summed E-state index contributed by atoms with van der Waals surface area (Å²) in [6, 6.07) is 28.5. The van der Waals surface area contributed by atoms with Crippen LogP contribution in [-0.4, -0.2) is 14.8 Å². The SMILES string of the molecule is Cc1ccccc1-n1c(Cc2ccccc2)nnc1SCc1cccc(C#N)c1. The van der Waals surface area contributed by atoms with Crippen molar-refractivity contribution in [2.24, 2.45) is 0 Å². The largest absolute Gasteiger partial charge is 0.273 e. The van der Waals surface area contributed by atoms with E-state index in [1.165, 1.54) is 11.1 Å². The van der Waals surface area contributed by atoms with E-state index in [0.717, 1.165) is 28.0 Å². The van der Waals surface area contributed by atoms with Crippen molar-refractivity contribution in [2.75, 3.05) is 0 Å². The second kappa shape index (κ2) is 8.76. The predicted molar refractivity (Wildman–Crippen MR) is 116 cm³/mol. The minimum atomic E-state index is 0.674. The number of nitriles is 1. The van der Waals surface area contributed by atoms with E-state index in [0.29, 0.717) is 12.0 Å². The maximum Gasteiger partial charge on any atom is 0.196 e. The summed E-state index contributed by atoms with van der Waals surface area (Å²) in [5.41, 5.74) is 5.24. The van der Waals surface area contributed by atoms with Gasteiger partial charge in [0, 0.05) is 12.2 Å². The zero-order chi connectivity index (χ0) is 20.1. The molecule has 0 bridgehead atoms. The first-order chi connectivity index (χ1) is 14.2. The molecule has 4 aromatic rings. The van der Waals surface area contributed by atoms with Crippen LogP contribution in [0.2, 0.25) is 0 Å². The summed E-state index contributed by atoms with van der Waals surface area (Å²) >= 11 is 1.63. The van der Waals surface area contributed by atoms with E-state index in [1.807, 2.05) is 54.6 Å². The van der Waals surface area contributed by atoms with Crippen LogP contribution in [0.15, 0.2) is 84.0 Å². The van der Waals surface area contributed by atoms with Gasteiger partial charge in [0.05, 0.1) is 17.3 Å². The number of thioether (sulfide) groups is 1. The molecule has 0 spiro atoms. The number of aromatic nitrogens is 3. The lowest BCUT2D eigenvalue weighted by Crippen LogP contribution is -2.05. The Labute approximate surface area is 174 Å².